The molecule has 0 radical (unpaired) electrons. The fourth-order valence-corrected chi connectivity index (χ4v) is 2.96. The van der Waals surface area contributed by atoms with Gasteiger partial charge in [0.25, 0.3) is 5.69 Å². The number of hydrogen-bond donors (Lipinski definition) is 2. The Morgan fingerprint density at radius 3 is 2.36 bits per heavy atom. The zero-order valence-electron chi connectivity index (χ0n) is 15.6. The summed E-state index contributed by atoms with van der Waals surface area (Å²) >= 11 is 0. The summed E-state index contributed by atoms with van der Waals surface area (Å²) < 4.78 is 38.4. The largest absolute Gasteiger partial charge is 0.416 e. The number of rotatable bonds is 5. The lowest BCUT2D eigenvalue weighted by molar-refractivity contribution is -0.384. The molecule has 28 heavy (non-hydrogen) atoms. The minimum absolute atomic E-state index is 0. The van der Waals surface area contributed by atoms with E-state index in [0.717, 1.165) is 12.1 Å². The van der Waals surface area contributed by atoms with Crippen LogP contribution < -0.4 is 16.0 Å². The molecule has 1 aliphatic rings. The number of halogens is 4. The van der Waals surface area contributed by atoms with E-state index in [1.807, 2.05) is 0 Å². The number of carbonyl (C=O) groups excluding carboxylic acids is 1. The molecule has 1 saturated heterocycles. The van der Waals surface area contributed by atoms with Gasteiger partial charge in [0, 0.05) is 37.2 Å². The number of benzene rings is 1. The molecule has 1 heterocycles. The van der Waals surface area contributed by atoms with E-state index in [-0.39, 0.29) is 29.9 Å². The average molecular weight is 425 g/mol. The van der Waals surface area contributed by atoms with Crippen molar-refractivity contribution in [3.05, 3.63) is 33.9 Å². The Hall–Kier alpha value is -2.07. The summed E-state index contributed by atoms with van der Waals surface area (Å²) in [6, 6.07) is 2.51. The molecule has 1 fully saturated rings. The van der Waals surface area contributed by atoms with Crippen LogP contribution in [0.15, 0.2) is 18.2 Å². The van der Waals surface area contributed by atoms with Gasteiger partial charge >= 0.3 is 6.18 Å². The van der Waals surface area contributed by atoms with E-state index < -0.39 is 27.9 Å². The van der Waals surface area contributed by atoms with E-state index in [4.69, 9.17) is 5.73 Å². The number of nitro benzene ring substituents is 1. The molecule has 0 unspecified atom stereocenters. The number of nitro groups is 1. The summed E-state index contributed by atoms with van der Waals surface area (Å²) in [5, 5.41) is 14.0. The third-order valence-electron chi connectivity index (χ3n) is 4.42. The van der Waals surface area contributed by atoms with Crippen LogP contribution in [0.3, 0.4) is 0 Å². The minimum atomic E-state index is -4.65. The normalized spacial score (nSPS) is 15.7. The molecule has 1 aromatic rings. The summed E-state index contributed by atoms with van der Waals surface area (Å²) in [6.07, 6.45) is -3.74. The van der Waals surface area contributed by atoms with Crippen LogP contribution in [0.5, 0.6) is 0 Å². The Morgan fingerprint density at radius 1 is 1.32 bits per heavy atom. The second kappa shape index (κ2) is 8.95. The van der Waals surface area contributed by atoms with Crippen molar-refractivity contribution in [2.45, 2.75) is 38.4 Å². The first-order valence-corrected chi connectivity index (χ1v) is 8.55. The van der Waals surface area contributed by atoms with Crippen molar-refractivity contribution in [1.29, 1.82) is 0 Å². The number of carbonyl (C=O) groups is 1. The average Bonchev–Trinajstić information content (AvgIpc) is 2.58. The van der Waals surface area contributed by atoms with Crippen molar-refractivity contribution >= 4 is 29.7 Å². The Labute approximate surface area is 167 Å². The molecule has 11 heteroatoms. The van der Waals surface area contributed by atoms with Gasteiger partial charge in [-0.3, -0.25) is 14.9 Å². The standard InChI is InChI=1S/C17H23F3N4O3.ClH/c1-16(2,21)10-22-15(25)11-5-7-23(8-6-11)13-4-3-12(17(18,19)20)9-14(13)24(26)27;/h3-4,9,11H,5-8,10,21H2,1-2H3,(H,22,25);1H. The molecule has 0 aromatic heterocycles. The minimum Gasteiger partial charge on any atom is -0.366 e. The molecule has 1 aromatic carbocycles. The van der Waals surface area contributed by atoms with E-state index in [9.17, 15) is 28.1 Å². The predicted octanol–water partition coefficient (Wildman–Crippen LogP) is 3.11. The van der Waals surface area contributed by atoms with Gasteiger partial charge in [-0.2, -0.15) is 13.2 Å². The lowest BCUT2D eigenvalue weighted by atomic mass is 9.94. The molecule has 0 aliphatic carbocycles. The van der Waals surface area contributed by atoms with Gasteiger partial charge in [0.05, 0.1) is 10.5 Å². The maximum Gasteiger partial charge on any atom is 0.416 e. The number of amides is 1. The summed E-state index contributed by atoms with van der Waals surface area (Å²) in [5.74, 6) is -0.382. The summed E-state index contributed by atoms with van der Waals surface area (Å²) in [4.78, 5) is 24.3. The van der Waals surface area contributed by atoms with Gasteiger partial charge in [-0.1, -0.05) is 0 Å². The SMILES string of the molecule is CC(C)(N)CNC(=O)C1CCN(c2ccc(C(F)(F)F)cc2[N+](=O)[O-])CC1.Cl. The number of piperidine rings is 1. The number of anilines is 1. The number of nitrogens with zero attached hydrogens (tertiary/aromatic N) is 2. The van der Waals surface area contributed by atoms with Crippen LogP contribution in [0.4, 0.5) is 24.5 Å². The fourth-order valence-electron chi connectivity index (χ4n) is 2.96. The highest BCUT2D eigenvalue weighted by Crippen LogP contribution is 2.37. The Balaban J connectivity index is 0.00000392. The maximum atomic E-state index is 12.8. The molecule has 0 saturated carbocycles. The molecule has 7 nitrogen and oxygen atoms in total. The number of nitrogens with two attached hydrogens (primary N) is 1. The van der Waals surface area contributed by atoms with Gasteiger partial charge in [-0.25, -0.2) is 0 Å². The third-order valence-corrected chi connectivity index (χ3v) is 4.42. The predicted molar refractivity (Wildman–Crippen MR) is 102 cm³/mol. The molecular formula is C17H24ClF3N4O3. The van der Waals surface area contributed by atoms with Crippen molar-refractivity contribution in [3.63, 3.8) is 0 Å². The van der Waals surface area contributed by atoms with Crippen molar-refractivity contribution in [2.75, 3.05) is 24.5 Å². The van der Waals surface area contributed by atoms with Gasteiger partial charge in [0.1, 0.15) is 5.69 Å². The molecule has 0 atom stereocenters. The molecular weight excluding hydrogens is 401 g/mol. The fraction of sp³-hybridized carbons (Fsp3) is 0.588. The molecule has 0 spiro atoms. The number of nitrogens with one attached hydrogen (secondary N) is 1. The van der Waals surface area contributed by atoms with Gasteiger partial charge < -0.3 is 16.0 Å². The molecule has 3 N–H and O–H groups in total. The summed E-state index contributed by atoms with van der Waals surface area (Å²) in [7, 11) is 0. The second-order valence-corrected chi connectivity index (χ2v) is 7.43. The Bertz CT molecular complexity index is 715. The van der Waals surface area contributed by atoms with Crippen LogP contribution in [0.2, 0.25) is 0 Å². The topological polar surface area (TPSA) is 102 Å². The zero-order valence-corrected chi connectivity index (χ0v) is 16.4. The second-order valence-electron chi connectivity index (χ2n) is 7.43. The lowest BCUT2D eigenvalue weighted by Gasteiger charge is -2.33. The monoisotopic (exact) mass is 424 g/mol. The van der Waals surface area contributed by atoms with E-state index in [2.05, 4.69) is 5.32 Å². The van der Waals surface area contributed by atoms with Gasteiger partial charge in [0.15, 0.2) is 0 Å². The third kappa shape index (κ3) is 6.23. The van der Waals surface area contributed by atoms with Crippen LogP contribution in [-0.4, -0.2) is 36.0 Å². The van der Waals surface area contributed by atoms with Crippen LogP contribution in [-0.2, 0) is 11.0 Å². The molecule has 2 rings (SSSR count). The van der Waals surface area contributed by atoms with Crippen LogP contribution in [0.1, 0.15) is 32.3 Å². The smallest absolute Gasteiger partial charge is 0.366 e. The van der Waals surface area contributed by atoms with E-state index in [1.54, 1.807) is 18.7 Å². The van der Waals surface area contributed by atoms with E-state index >= 15 is 0 Å². The van der Waals surface area contributed by atoms with Crippen LogP contribution in [0, 0.1) is 16.0 Å². The first kappa shape index (κ1) is 24.0. The zero-order chi connectivity index (χ0) is 20.4. The van der Waals surface area contributed by atoms with Gasteiger partial charge in [-0.05, 0) is 38.8 Å². The molecule has 0 bridgehead atoms. The first-order chi connectivity index (χ1) is 12.4. The first-order valence-electron chi connectivity index (χ1n) is 8.55. The van der Waals surface area contributed by atoms with E-state index in [1.165, 1.54) is 0 Å². The van der Waals surface area contributed by atoms with Gasteiger partial charge in [-0.15, -0.1) is 12.4 Å². The molecule has 158 valence electrons. The number of alkyl halides is 3. The van der Waals surface area contributed by atoms with E-state index in [0.29, 0.717) is 38.5 Å². The number of hydrogen-bond acceptors (Lipinski definition) is 5. The van der Waals surface area contributed by atoms with Crippen molar-refractivity contribution in [2.24, 2.45) is 11.7 Å². The molecule has 1 amide bonds. The van der Waals surface area contributed by atoms with Crippen molar-refractivity contribution in [1.82, 2.24) is 5.32 Å². The lowest BCUT2D eigenvalue weighted by Crippen LogP contribution is -2.48. The molecule has 1 aliphatic heterocycles. The summed E-state index contributed by atoms with van der Waals surface area (Å²) in [6.45, 7) is 4.60. The highest BCUT2D eigenvalue weighted by Gasteiger charge is 2.35. The summed E-state index contributed by atoms with van der Waals surface area (Å²) in [5.41, 5.74) is 3.79. The Morgan fingerprint density at radius 2 is 1.89 bits per heavy atom. The van der Waals surface area contributed by atoms with Gasteiger partial charge in [0.2, 0.25) is 5.91 Å². The quantitative estimate of drug-likeness (QED) is 0.558. The highest BCUT2D eigenvalue weighted by molar-refractivity contribution is 5.85. The van der Waals surface area contributed by atoms with Crippen LogP contribution in [0.25, 0.3) is 0 Å². The van der Waals surface area contributed by atoms with Crippen molar-refractivity contribution in [3.8, 4) is 0 Å². The Kier molecular flexibility index (Phi) is 7.66. The highest BCUT2D eigenvalue weighted by atomic mass is 35.5. The van der Waals surface area contributed by atoms with Crippen LogP contribution >= 0.6 is 12.4 Å². The van der Waals surface area contributed by atoms with Crippen molar-refractivity contribution < 1.29 is 22.9 Å². The maximum absolute atomic E-state index is 12.8.